The van der Waals surface area contributed by atoms with Gasteiger partial charge in [-0.2, -0.15) is 0 Å². The fourth-order valence-corrected chi connectivity index (χ4v) is 3.57. The Bertz CT molecular complexity index is 354. The van der Waals surface area contributed by atoms with E-state index in [2.05, 4.69) is 0 Å². The third-order valence-electron chi connectivity index (χ3n) is 2.97. The van der Waals surface area contributed by atoms with Crippen LogP contribution < -0.4 is 0 Å². The standard InChI is InChI=1S/C11H22N2O3S/c1-3-10-17(15,16)13-7-5-6-12(8-9-13)11(14)4-2/h3-10H2,1-2H3. The summed E-state index contributed by atoms with van der Waals surface area (Å²) in [7, 11) is -3.12. The van der Waals surface area contributed by atoms with Gasteiger partial charge in [0.1, 0.15) is 0 Å². The number of sulfonamides is 1. The van der Waals surface area contributed by atoms with Crippen molar-refractivity contribution in [2.45, 2.75) is 33.1 Å². The third kappa shape index (κ3) is 3.96. The maximum atomic E-state index is 11.9. The quantitative estimate of drug-likeness (QED) is 0.748. The largest absolute Gasteiger partial charge is 0.341 e. The van der Waals surface area contributed by atoms with Crippen molar-refractivity contribution in [3.8, 4) is 0 Å². The first-order valence-electron chi connectivity index (χ1n) is 6.26. The molecule has 0 aromatic rings. The van der Waals surface area contributed by atoms with Crippen LogP contribution in [0, 0.1) is 0 Å². The molecule has 100 valence electrons. The minimum absolute atomic E-state index is 0.111. The average molecular weight is 262 g/mol. The molecule has 1 amide bonds. The Morgan fingerprint density at radius 2 is 1.82 bits per heavy atom. The van der Waals surface area contributed by atoms with Crippen LogP contribution in [0.25, 0.3) is 0 Å². The van der Waals surface area contributed by atoms with Crippen LogP contribution in [0.4, 0.5) is 0 Å². The fourth-order valence-electron chi connectivity index (χ4n) is 2.03. The van der Waals surface area contributed by atoms with E-state index >= 15 is 0 Å². The predicted molar refractivity (Wildman–Crippen MR) is 67.1 cm³/mol. The minimum Gasteiger partial charge on any atom is -0.341 e. The van der Waals surface area contributed by atoms with Crippen LogP contribution in [0.15, 0.2) is 0 Å². The van der Waals surface area contributed by atoms with E-state index in [9.17, 15) is 13.2 Å². The van der Waals surface area contributed by atoms with Crippen LogP contribution >= 0.6 is 0 Å². The van der Waals surface area contributed by atoms with Gasteiger partial charge in [0.05, 0.1) is 5.75 Å². The summed E-state index contributed by atoms with van der Waals surface area (Å²) in [6.07, 6.45) is 1.85. The van der Waals surface area contributed by atoms with E-state index in [1.54, 1.807) is 4.90 Å². The molecule has 1 aliphatic rings. The molecule has 1 heterocycles. The lowest BCUT2D eigenvalue weighted by molar-refractivity contribution is -0.130. The van der Waals surface area contributed by atoms with Gasteiger partial charge in [-0.15, -0.1) is 0 Å². The molecular weight excluding hydrogens is 240 g/mol. The van der Waals surface area contributed by atoms with E-state index in [1.807, 2.05) is 13.8 Å². The maximum absolute atomic E-state index is 11.9. The van der Waals surface area contributed by atoms with Gasteiger partial charge in [-0.3, -0.25) is 4.79 Å². The van der Waals surface area contributed by atoms with E-state index < -0.39 is 10.0 Å². The van der Waals surface area contributed by atoms with E-state index in [1.165, 1.54) is 4.31 Å². The zero-order valence-electron chi connectivity index (χ0n) is 10.7. The SMILES string of the molecule is CCCS(=O)(=O)N1CCCN(C(=O)CC)CC1. The molecule has 0 unspecified atom stereocenters. The molecule has 0 atom stereocenters. The van der Waals surface area contributed by atoms with Gasteiger partial charge in [0, 0.05) is 32.6 Å². The van der Waals surface area contributed by atoms with Gasteiger partial charge >= 0.3 is 0 Å². The molecule has 0 saturated carbocycles. The van der Waals surface area contributed by atoms with E-state index in [0.29, 0.717) is 39.0 Å². The van der Waals surface area contributed by atoms with Gasteiger partial charge in [0.25, 0.3) is 0 Å². The van der Waals surface area contributed by atoms with E-state index in [0.717, 1.165) is 6.42 Å². The summed E-state index contributed by atoms with van der Waals surface area (Å²) in [4.78, 5) is 13.3. The lowest BCUT2D eigenvalue weighted by Crippen LogP contribution is -2.38. The minimum atomic E-state index is -3.12. The Morgan fingerprint density at radius 1 is 1.12 bits per heavy atom. The van der Waals surface area contributed by atoms with Crippen LogP contribution in [0.5, 0.6) is 0 Å². The Balaban J connectivity index is 2.62. The van der Waals surface area contributed by atoms with Crippen LogP contribution in [-0.4, -0.2) is 55.5 Å². The van der Waals surface area contributed by atoms with Crippen LogP contribution in [0.3, 0.4) is 0 Å². The van der Waals surface area contributed by atoms with Gasteiger partial charge in [0.2, 0.25) is 15.9 Å². The molecule has 5 nitrogen and oxygen atoms in total. The number of hydrogen-bond donors (Lipinski definition) is 0. The first-order chi connectivity index (χ1) is 8.01. The first kappa shape index (κ1) is 14.4. The first-order valence-corrected chi connectivity index (χ1v) is 7.87. The summed E-state index contributed by atoms with van der Waals surface area (Å²) in [6, 6.07) is 0. The molecule has 0 aromatic carbocycles. The zero-order chi connectivity index (χ0) is 12.9. The molecule has 0 aliphatic carbocycles. The molecule has 0 bridgehead atoms. The predicted octanol–water partition coefficient (Wildman–Crippen LogP) is 0.671. The monoisotopic (exact) mass is 262 g/mol. The summed E-state index contributed by atoms with van der Waals surface area (Å²) in [5, 5.41) is 0. The molecule has 1 rings (SSSR count). The summed E-state index contributed by atoms with van der Waals surface area (Å²) in [5.41, 5.74) is 0. The lowest BCUT2D eigenvalue weighted by Gasteiger charge is -2.21. The second-order valence-corrected chi connectivity index (χ2v) is 6.39. The summed E-state index contributed by atoms with van der Waals surface area (Å²) < 4.78 is 25.3. The maximum Gasteiger partial charge on any atom is 0.222 e. The van der Waals surface area contributed by atoms with Crippen LogP contribution in [-0.2, 0) is 14.8 Å². The second-order valence-electron chi connectivity index (χ2n) is 4.30. The van der Waals surface area contributed by atoms with Crippen molar-refractivity contribution in [1.82, 2.24) is 9.21 Å². The molecule has 0 N–H and O–H groups in total. The fraction of sp³-hybridized carbons (Fsp3) is 0.909. The molecule has 0 spiro atoms. The number of hydrogen-bond acceptors (Lipinski definition) is 3. The second kappa shape index (κ2) is 6.35. The highest BCUT2D eigenvalue weighted by Crippen LogP contribution is 2.10. The van der Waals surface area contributed by atoms with Crippen molar-refractivity contribution in [1.29, 1.82) is 0 Å². The van der Waals surface area contributed by atoms with Crippen molar-refractivity contribution < 1.29 is 13.2 Å². The topological polar surface area (TPSA) is 57.7 Å². The van der Waals surface area contributed by atoms with E-state index in [-0.39, 0.29) is 11.7 Å². The Labute approximate surface area is 104 Å². The molecule has 17 heavy (non-hydrogen) atoms. The molecule has 6 heteroatoms. The highest BCUT2D eigenvalue weighted by Gasteiger charge is 2.25. The van der Waals surface area contributed by atoms with Crippen molar-refractivity contribution in [2.75, 3.05) is 31.9 Å². The highest BCUT2D eigenvalue weighted by molar-refractivity contribution is 7.89. The number of carbonyl (C=O) groups is 1. The lowest BCUT2D eigenvalue weighted by atomic mass is 10.3. The molecule has 1 saturated heterocycles. The van der Waals surface area contributed by atoms with Gasteiger partial charge in [-0.25, -0.2) is 12.7 Å². The Hall–Kier alpha value is -0.620. The van der Waals surface area contributed by atoms with Crippen molar-refractivity contribution >= 4 is 15.9 Å². The summed E-state index contributed by atoms with van der Waals surface area (Å²) >= 11 is 0. The Morgan fingerprint density at radius 3 is 2.41 bits per heavy atom. The number of rotatable bonds is 4. The molecule has 0 radical (unpaired) electrons. The zero-order valence-corrected chi connectivity index (χ0v) is 11.5. The molecule has 0 aromatic heterocycles. The van der Waals surface area contributed by atoms with Gasteiger partial charge in [-0.1, -0.05) is 13.8 Å². The molecular formula is C11H22N2O3S. The summed E-state index contributed by atoms with van der Waals surface area (Å²) in [6.45, 7) is 5.87. The van der Waals surface area contributed by atoms with Crippen molar-refractivity contribution in [3.05, 3.63) is 0 Å². The van der Waals surface area contributed by atoms with Gasteiger partial charge < -0.3 is 4.90 Å². The van der Waals surface area contributed by atoms with Crippen LogP contribution in [0.2, 0.25) is 0 Å². The average Bonchev–Trinajstić information content (AvgIpc) is 2.53. The van der Waals surface area contributed by atoms with E-state index in [4.69, 9.17) is 0 Å². The number of nitrogens with zero attached hydrogens (tertiary/aromatic N) is 2. The van der Waals surface area contributed by atoms with Crippen molar-refractivity contribution in [3.63, 3.8) is 0 Å². The normalized spacial score (nSPS) is 19.1. The molecule has 1 fully saturated rings. The number of carbonyl (C=O) groups excluding carboxylic acids is 1. The smallest absolute Gasteiger partial charge is 0.222 e. The van der Waals surface area contributed by atoms with Gasteiger partial charge in [0.15, 0.2) is 0 Å². The third-order valence-corrected chi connectivity index (χ3v) is 5.04. The summed E-state index contributed by atoms with van der Waals surface area (Å²) in [5.74, 6) is 0.314. The van der Waals surface area contributed by atoms with Crippen LogP contribution in [0.1, 0.15) is 33.1 Å². The van der Waals surface area contributed by atoms with Gasteiger partial charge in [-0.05, 0) is 12.8 Å². The highest BCUT2D eigenvalue weighted by atomic mass is 32.2. The number of amides is 1. The van der Waals surface area contributed by atoms with Crippen molar-refractivity contribution in [2.24, 2.45) is 0 Å². The molecule has 1 aliphatic heterocycles. The Kier molecular flexibility index (Phi) is 5.39.